The Labute approximate surface area is 150 Å². The van der Waals surface area contributed by atoms with E-state index in [1.807, 2.05) is 0 Å². The number of hydrogen-bond acceptors (Lipinski definition) is 4. The highest BCUT2D eigenvalue weighted by atomic mass is 79.9. The SMILES string of the molecule is NS(=O)(=O)c1cccc(NC(=O)COc2ccc(Br)cc2Br)c1. The van der Waals surface area contributed by atoms with Gasteiger partial charge in [0.1, 0.15) is 5.75 Å². The first-order valence-electron chi connectivity index (χ1n) is 6.26. The minimum atomic E-state index is -3.82. The lowest BCUT2D eigenvalue weighted by Crippen LogP contribution is -2.20. The van der Waals surface area contributed by atoms with Crippen molar-refractivity contribution in [1.82, 2.24) is 0 Å². The molecule has 0 unspecified atom stereocenters. The second-order valence-corrected chi connectivity index (χ2v) is 7.82. The summed E-state index contributed by atoms with van der Waals surface area (Å²) in [5.74, 6) is 0.0908. The van der Waals surface area contributed by atoms with Crippen LogP contribution in [-0.2, 0) is 14.8 Å². The fourth-order valence-corrected chi connectivity index (χ4v) is 3.40. The van der Waals surface area contributed by atoms with E-state index in [1.54, 1.807) is 24.3 Å². The predicted molar refractivity (Wildman–Crippen MR) is 93.8 cm³/mol. The van der Waals surface area contributed by atoms with Gasteiger partial charge in [0, 0.05) is 10.2 Å². The average Bonchev–Trinajstić information content (AvgIpc) is 2.45. The third-order valence-corrected chi connectivity index (χ3v) is 4.72. The average molecular weight is 464 g/mol. The molecule has 0 heterocycles. The van der Waals surface area contributed by atoms with Crippen molar-refractivity contribution in [2.24, 2.45) is 5.14 Å². The minimum absolute atomic E-state index is 0.0770. The Morgan fingerprint density at radius 3 is 2.57 bits per heavy atom. The Morgan fingerprint density at radius 1 is 1.17 bits per heavy atom. The number of primary sulfonamides is 1. The van der Waals surface area contributed by atoms with Crippen LogP contribution in [0, 0.1) is 0 Å². The quantitative estimate of drug-likeness (QED) is 0.712. The molecule has 0 aliphatic heterocycles. The normalized spacial score (nSPS) is 11.1. The maximum atomic E-state index is 11.9. The van der Waals surface area contributed by atoms with Crippen molar-refractivity contribution in [2.75, 3.05) is 11.9 Å². The Balaban J connectivity index is 2.00. The van der Waals surface area contributed by atoms with Gasteiger partial charge in [-0.2, -0.15) is 0 Å². The van der Waals surface area contributed by atoms with Crippen LogP contribution in [0.25, 0.3) is 0 Å². The molecule has 0 aliphatic carbocycles. The van der Waals surface area contributed by atoms with Gasteiger partial charge in [0.15, 0.2) is 6.61 Å². The fourth-order valence-electron chi connectivity index (χ4n) is 1.68. The summed E-state index contributed by atoms with van der Waals surface area (Å²) in [6.45, 7) is -0.222. The highest BCUT2D eigenvalue weighted by molar-refractivity contribution is 9.11. The van der Waals surface area contributed by atoms with Gasteiger partial charge in [0.05, 0.1) is 9.37 Å². The summed E-state index contributed by atoms with van der Waals surface area (Å²) in [5, 5.41) is 7.59. The lowest BCUT2D eigenvalue weighted by atomic mass is 10.3. The van der Waals surface area contributed by atoms with Crippen LogP contribution in [0.2, 0.25) is 0 Å². The van der Waals surface area contributed by atoms with Crippen LogP contribution in [0.15, 0.2) is 56.3 Å². The van der Waals surface area contributed by atoms with E-state index in [2.05, 4.69) is 37.2 Å². The number of halogens is 2. The van der Waals surface area contributed by atoms with Crippen LogP contribution in [0.4, 0.5) is 5.69 Å². The Morgan fingerprint density at radius 2 is 1.91 bits per heavy atom. The highest BCUT2D eigenvalue weighted by Crippen LogP contribution is 2.28. The summed E-state index contributed by atoms with van der Waals surface area (Å²) < 4.78 is 29.5. The lowest BCUT2D eigenvalue weighted by Gasteiger charge is -2.09. The molecule has 2 aromatic carbocycles. The molecule has 6 nitrogen and oxygen atoms in total. The molecule has 122 valence electrons. The van der Waals surface area contributed by atoms with Gasteiger partial charge in [0.25, 0.3) is 5.91 Å². The number of sulfonamides is 1. The molecule has 0 saturated heterocycles. The summed E-state index contributed by atoms with van der Waals surface area (Å²) in [5.41, 5.74) is 0.319. The number of rotatable bonds is 5. The van der Waals surface area contributed by atoms with Gasteiger partial charge in [-0.1, -0.05) is 22.0 Å². The molecule has 0 atom stereocenters. The minimum Gasteiger partial charge on any atom is -0.483 e. The maximum absolute atomic E-state index is 11.9. The smallest absolute Gasteiger partial charge is 0.262 e. The molecule has 0 saturated carbocycles. The standard InChI is InChI=1S/C14H12Br2N2O4S/c15-9-4-5-13(12(16)6-9)22-8-14(19)18-10-2-1-3-11(7-10)23(17,20)21/h1-7H,8H2,(H,18,19)(H2,17,20,21). The Bertz CT molecular complexity index is 840. The van der Waals surface area contributed by atoms with Crippen LogP contribution in [0.5, 0.6) is 5.75 Å². The molecule has 0 aromatic heterocycles. The zero-order valence-corrected chi connectivity index (χ0v) is 15.6. The number of ether oxygens (including phenoxy) is 1. The van der Waals surface area contributed by atoms with E-state index in [4.69, 9.17) is 9.88 Å². The summed E-state index contributed by atoms with van der Waals surface area (Å²) in [4.78, 5) is 11.8. The largest absolute Gasteiger partial charge is 0.483 e. The van der Waals surface area contributed by atoms with Crippen molar-refractivity contribution in [3.05, 3.63) is 51.4 Å². The van der Waals surface area contributed by atoms with Crippen molar-refractivity contribution in [3.63, 3.8) is 0 Å². The molecule has 3 N–H and O–H groups in total. The van der Waals surface area contributed by atoms with Gasteiger partial charge in [-0.05, 0) is 52.3 Å². The molecule has 2 aromatic rings. The van der Waals surface area contributed by atoms with Crippen LogP contribution >= 0.6 is 31.9 Å². The topological polar surface area (TPSA) is 98.5 Å². The molecule has 0 bridgehead atoms. The van der Waals surface area contributed by atoms with Crippen molar-refractivity contribution in [3.8, 4) is 5.75 Å². The van der Waals surface area contributed by atoms with Crippen molar-refractivity contribution in [1.29, 1.82) is 0 Å². The van der Waals surface area contributed by atoms with Gasteiger partial charge in [-0.25, -0.2) is 13.6 Å². The Kier molecular flexibility index (Phi) is 5.79. The second kappa shape index (κ2) is 7.43. The number of nitrogens with one attached hydrogen (secondary N) is 1. The van der Waals surface area contributed by atoms with Crippen LogP contribution in [0.1, 0.15) is 0 Å². The van der Waals surface area contributed by atoms with E-state index in [0.717, 1.165) is 4.47 Å². The van der Waals surface area contributed by atoms with Crippen LogP contribution < -0.4 is 15.2 Å². The molecule has 2 rings (SSSR count). The van der Waals surface area contributed by atoms with Crippen molar-refractivity contribution < 1.29 is 17.9 Å². The predicted octanol–water partition coefficient (Wildman–Crippen LogP) is 2.88. The van der Waals surface area contributed by atoms with Gasteiger partial charge in [0.2, 0.25) is 10.0 Å². The van der Waals surface area contributed by atoms with Crippen molar-refractivity contribution >= 4 is 53.5 Å². The van der Waals surface area contributed by atoms with E-state index in [0.29, 0.717) is 15.9 Å². The molecule has 23 heavy (non-hydrogen) atoms. The van der Waals surface area contributed by atoms with E-state index >= 15 is 0 Å². The van der Waals surface area contributed by atoms with Gasteiger partial charge in [-0.3, -0.25) is 4.79 Å². The zero-order chi connectivity index (χ0) is 17.0. The second-order valence-electron chi connectivity index (χ2n) is 4.48. The Hall–Kier alpha value is -1.42. The van der Waals surface area contributed by atoms with Crippen LogP contribution in [0.3, 0.4) is 0 Å². The molecule has 0 radical (unpaired) electrons. The molecular weight excluding hydrogens is 452 g/mol. The molecule has 1 amide bonds. The molecule has 0 fully saturated rings. The monoisotopic (exact) mass is 462 g/mol. The third kappa shape index (κ3) is 5.31. The number of nitrogens with two attached hydrogens (primary N) is 1. The number of amides is 1. The summed E-state index contributed by atoms with van der Waals surface area (Å²) in [6, 6.07) is 11.0. The van der Waals surface area contributed by atoms with Crippen molar-refractivity contribution in [2.45, 2.75) is 4.90 Å². The molecular formula is C14H12Br2N2O4S. The van der Waals surface area contributed by atoms with Gasteiger partial charge >= 0.3 is 0 Å². The highest BCUT2D eigenvalue weighted by Gasteiger charge is 2.10. The van der Waals surface area contributed by atoms with Gasteiger partial charge < -0.3 is 10.1 Å². The molecule has 0 spiro atoms. The van der Waals surface area contributed by atoms with Gasteiger partial charge in [-0.15, -0.1) is 0 Å². The van der Waals surface area contributed by atoms with E-state index < -0.39 is 15.9 Å². The number of hydrogen-bond donors (Lipinski definition) is 2. The summed E-state index contributed by atoms with van der Waals surface area (Å²) >= 11 is 6.65. The first-order chi connectivity index (χ1) is 10.8. The summed E-state index contributed by atoms with van der Waals surface area (Å²) in [6.07, 6.45) is 0. The third-order valence-electron chi connectivity index (χ3n) is 2.70. The fraction of sp³-hybridized carbons (Fsp3) is 0.0714. The van der Waals surface area contributed by atoms with E-state index in [1.165, 1.54) is 18.2 Å². The first-order valence-corrected chi connectivity index (χ1v) is 9.39. The zero-order valence-electron chi connectivity index (χ0n) is 11.6. The number of benzene rings is 2. The number of carbonyl (C=O) groups excluding carboxylic acids is 1. The van der Waals surface area contributed by atoms with Crippen LogP contribution in [-0.4, -0.2) is 20.9 Å². The number of carbonyl (C=O) groups is 1. The van der Waals surface area contributed by atoms with E-state index in [-0.39, 0.29) is 11.5 Å². The maximum Gasteiger partial charge on any atom is 0.262 e. The van der Waals surface area contributed by atoms with E-state index in [9.17, 15) is 13.2 Å². The first kappa shape index (κ1) is 17.9. The number of anilines is 1. The lowest BCUT2D eigenvalue weighted by molar-refractivity contribution is -0.118. The molecule has 0 aliphatic rings. The summed E-state index contributed by atoms with van der Waals surface area (Å²) in [7, 11) is -3.82. The molecule has 9 heteroatoms.